The van der Waals surface area contributed by atoms with Crippen molar-refractivity contribution in [3.8, 4) is 5.75 Å². The summed E-state index contributed by atoms with van der Waals surface area (Å²) in [5.74, 6) is -1.53. The number of benzene rings is 2. The lowest BCUT2D eigenvalue weighted by Gasteiger charge is -2.30. The SMILES string of the molecule is CCOc1ccc(N2C(=O)NCC(C(=O)Nc3cccc(Cl)c3)C2=O)cc1. The number of ether oxygens (including phenoxy) is 1. The molecule has 0 spiro atoms. The number of hydrogen-bond acceptors (Lipinski definition) is 4. The number of nitrogens with one attached hydrogen (secondary N) is 2. The van der Waals surface area contributed by atoms with E-state index in [-0.39, 0.29) is 6.54 Å². The number of hydrogen-bond donors (Lipinski definition) is 2. The molecule has 4 amide bonds. The Morgan fingerprint density at radius 2 is 2.00 bits per heavy atom. The minimum Gasteiger partial charge on any atom is -0.494 e. The summed E-state index contributed by atoms with van der Waals surface area (Å²) in [6, 6.07) is 12.6. The highest BCUT2D eigenvalue weighted by Gasteiger charge is 2.39. The van der Waals surface area contributed by atoms with Gasteiger partial charge in [-0.05, 0) is 49.4 Å². The average Bonchev–Trinajstić information content (AvgIpc) is 2.63. The van der Waals surface area contributed by atoms with Crippen LogP contribution in [0.15, 0.2) is 48.5 Å². The molecule has 2 N–H and O–H groups in total. The van der Waals surface area contributed by atoms with Crippen molar-refractivity contribution in [3.63, 3.8) is 0 Å². The first-order valence-electron chi connectivity index (χ1n) is 8.40. The molecule has 140 valence electrons. The molecule has 0 aliphatic carbocycles. The topological polar surface area (TPSA) is 87.7 Å². The first-order chi connectivity index (χ1) is 13.0. The van der Waals surface area contributed by atoms with E-state index in [1.807, 2.05) is 6.92 Å². The first-order valence-corrected chi connectivity index (χ1v) is 8.78. The van der Waals surface area contributed by atoms with Gasteiger partial charge in [0.25, 0.3) is 0 Å². The zero-order valence-corrected chi connectivity index (χ0v) is 15.3. The molecule has 1 aliphatic rings. The second-order valence-electron chi connectivity index (χ2n) is 5.84. The van der Waals surface area contributed by atoms with Crippen LogP contribution in [0.1, 0.15) is 6.92 Å². The number of halogens is 1. The van der Waals surface area contributed by atoms with Gasteiger partial charge in [0.15, 0.2) is 0 Å². The van der Waals surface area contributed by atoms with Gasteiger partial charge in [-0.2, -0.15) is 0 Å². The fourth-order valence-corrected chi connectivity index (χ4v) is 2.90. The number of carbonyl (C=O) groups is 3. The third kappa shape index (κ3) is 4.20. The molecule has 1 saturated heterocycles. The van der Waals surface area contributed by atoms with Crippen LogP contribution in [-0.2, 0) is 9.59 Å². The minimum absolute atomic E-state index is 0.0718. The summed E-state index contributed by atoms with van der Waals surface area (Å²) in [4.78, 5) is 38.5. The predicted octanol–water partition coefficient (Wildman–Crippen LogP) is 3.05. The van der Waals surface area contributed by atoms with Crippen LogP contribution in [0.5, 0.6) is 5.75 Å². The lowest BCUT2D eigenvalue weighted by Crippen LogP contribution is -2.58. The van der Waals surface area contributed by atoms with Crippen LogP contribution >= 0.6 is 11.6 Å². The molecule has 0 saturated carbocycles. The lowest BCUT2D eigenvalue weighted by molar-refractivity contribution is -0.130. The van der Waals surface area contributed by atoms with Crippen LogP contribution < -0.4 is 20.3 Å². The van der Waals surface area contributed by atoms with E-state index in [4.69, 9.17) is 16.3 Å². The van der Waals surface area contributed by atoms with Crippen molar-refractivity contribution in [2.45, 2.75) is 6.92 Å². The summed E-state index contributed by atoms with van der Waals surface area (Å²) in [6.07, 6.45) is 0. The molecule has 1 unspecified atom stereocenters. The molecule has 8 heteroatoms. The Morgan fingerprint density at radius 1 is 1.26 bits per heavy atom. The summed E-state index contributed by atoms with van der Waals surface area (Å²) < 4.78 is 5.36. The van der Waals surface area contributed by atoms with Crippen molar-refractivity contribution >= 4 is 40.8 Å². The van der Waals surface area contributed by atoms with E-state index in [1.165, 1.54) is 0 Å². The number of rotatable bonds is 5. The fraction of sp³-hybridized carbons (Fsp3) is 0.211. The van der Waals surface area contributed by atoms with Gasteiger partial charge in [0.1, 0.15) is 11.7 Å². The molecular weight excluding hydrogens is 370 g/mol. The Kier molecular flexibility index (Phi) is 5.61. The summed E-state index contributed by atoms with van der Waals surface area (Å²) in [7, 11) is 0. The van der Waals surface area contributed by atoms with Gasteiger partial charge in [-0.15, -0.1) is 0 Å². The van der Waals surface area contributed by atoms with Crippen molar-refractivity contribution in [1.82, 2.24) is 5.32 Å². The molecule has 27 heavy (non-hydrogen) atoms. The number of carbonyl (C=O) groups excluding carboxylic acids is 3. The summed E-state index contributed by atoms with van der Waals surface area (Å²) in [5.41, 5.74) is 0.839. The van der Waals surface area contributed by atoms with Crippen LogP contribution in [0.4, 0.5) is 16.2 Å². The Bertz CT molecular complexity index is 870. The van der Waals surface area contributed by atoms with E-state index in [1.54, 1.807) is 48.5 Å². The third-order valence-electron chi connectivity index (χ3n) is 3.99. The number of nitrogens with zero attached hydrogens (tertiary/aromatic N) is 1. The van der Waals surface area contributed by atoms with Crippen LogP contribution in [0.25, 0.3) is 0 Å². The van der Waals surface area contributed by atoms with Gasteiger partial charge >= 0.3 is 6.03 Å². The smallest absolute Gasteiger partial charge is 0.328 e. The average molecular weight is 388 g/mol. The molecule has 1 fully saturated rings. The molecule has 2 aromatic rings. The van der Waals surface area contributed by atoms with Gasteiger partial charge in [0.2, 0.25) is 11.8 Å². The monoisotopic (exact) mass is 387 g/mol. The van der Waals surface area contributed by atoms with Gasteiger partial charge in [-0.3, -0.25) is 9.59 Å². The molecular formula is C19H18ClN3O4. The summed E-state index contributed by atoms with van der Waals surface area (Å²) >= 11 is 5.91. The highest BCUT2D eigenvalue weighted by atomic mass is 35.5. The lowest BCUT2D eigenvalue weighted by atomic mass is 10.0. The Hall–Kier alpha value is -3.06. The van der Waals surface area contributed by atoms with Crippen LogP contribution in [-0.4, -0.2) is 31.0 Å². The largest absolute Gasteiger partial charge is 0.494 e. The standard InChI is InChI=1S/C19H18ClN3O4/c1-2-27-15-8-6-14(7-9-15)23-18(25)16(11-21-19(23)26)17(24)22-13-5-3-4-12(20)10-13/h3-10,16H,2,11H2,1H3,(H,21,26)(H,22,24). The molecule has 1 atom stereocenters. The minimum atomic E-state index is -1.05. The van der Waals surface area contributed by atoms with E-state index < -0.39 is 23.8 Å². The molecule has 1 aliphatic heterocycles. The van der Waals surface area contributed by atoms with Gasteiger partial charge in [-0.1, -0.05) is 17.7 Å². The maximum Gasteiger partial charge on any atom is 0.328 e. The normalized spacial score (nSPS) is 16.7. The number of urea groups is 1. The van der Waals surface area contributed by atoms with Crippen molar-refractivity contribution in [2.75, 3.05) is 23.4 Å². The van der Waals surface area contributed by atoms with Crippen molar-refractivity contribution in [3.05, 3.63) is 53.6 Å². The Labute approximate surface area is 161 Å². The molecule has 1 heterocycles. The maximum absolute atomic E-state index is 12.8. The molecule has 0 aromatic heterocycles. The zero-order chi connectivity index (χ0) is 19.4. The molecule has 0 bridgehead atoms. The van der Waals surface area contributed by atoms with Gasteiger partial charge in [0.05, 0.1) is 12.3 Å². The number of imide groups is 1. The van der Waals surface area contributed by atoms with Gasteiger partial charge in [-0.25, -0.2) is 9.69 Å². The quantitative estimate of drug-likeness (QED) is 0.772. The van der Waals surface area contributed by atoms with E-state index in [2.05, 4.69) is 10.6 Å². The van der Waals surface area contributed by atoms with E-state index >= 15 is 0 Å². The van der Waals surface area contributed by atoms with Crippen molar-refractivity contribution in [1.29, 1.82) is 0 Å². The Morgan fingerprint density at radius 3 is 2.67 bits per heavy atom. The molecule has 2 aromatic carbocycles. The predicted molar refractivity (Wildman–Crippen MR) is 102 cm³/mol. The van der Waals surface area contributed by atoms with Crippen LogP contribution in [0.3, 0.4) is 0 Å². The fourth-order valence-electron chi connectivity index (χ4n) is 2.71. The van der Waals surface area contributed by atoms with E-state index in [0.29, 0.717) is 28.8 Å². The van der Waals surface area contributed by atoms with Crippen molar-refractivity contribution in [2.24, 2.45) is 5.92 Å². The van der Waals surface area contributed by atoms with Gasteiger partial charge in [0, 0.05) is 17.3 Å². The number of anilines is 2. The van der Waals surface area contributed by atoms with Crippen LogP contribution in [0.2, 0.25) is 5.02 Å². The third-order valence-corrected chi connectivity index (χ3v) is 4.23. The second-order valence-corrected chi connectivity index (χ2v) is 6.28. The van der Waals surface area contributed by atoms with E-state index in [0.717, 1.165) is 4.90 Å². The van der Waals surface area contributed by atoms with Crippen molar-refractivity contribution < 1.29 is 19.1 Å². The van der Waals surface area contributed by atoms with E-state index in [9.17, 15) is 14.4 Å². The molecule has 0 radical (unpaired) electrons. The molecule has 3 rings (SSSR count). The molecule has 7 nitrogen and oxygen atoms in total. The summed E-state index contributed by atoms with van der Waals surface area (Å²) in [6.45, 7) is 2.30. The van der Waals surface area contributed by atoms with Gasteiger partial charge < -0.3 is 15.4 Å². The first kappa shape index (κ1) is 18.7. The maximum atomic E-state index is 12.8. The highest BCUT2D eigenvalue weighted by Crippen LogP contribution is 2.24. The highest BCUT2D eigenvalue weighted by molar-refractivity contribution is 6.31. The zero-order valence-electron chi connectivity index (χ0n) is 14.6. The Balaban J connectivity index is 1.77. The summed E-state index contributed by atoms with van der Waals surface area (Å²) in [5, 5.41) is 5.70. The second kappa shape index (κ2) is 8.09. The van der Waals surface area contributed by atoms with Crippen LogP contribution in [0, 0.1) is 5.92 Å². The number of amides is 4.